The van der Waals surface area contributed by atoms with Gasteiger partial charge in [0.1, 0.15) is 18.2 Å². The van der Waals surface area contributed by atoms with E-state index in [1.54, 1.807) is 0 Å². The molecule has 1 fully saturated rings. The molecular weight excluding hydrogens is 316 g/mol. The maximum atomic E-state index is 5.90. The van der Waals surface area contributed by atoms with E-state index >= 15 is 0 Å². The molecule has 0 spiro atoms. The molecule has 1 aromatic carbocycles. The highest BCUT2D eigenvalue weighted by Gasteiger charge is 2.14. The summed E-state index contributed by atoms with van der Waals surface area (Å²) >= 11 is 0. The van der Waals surface area contributed by atoms with E-state index in [0.717, 1.165) is 55.7 Å². The number of nitrogens with zero attached hydrogens (tertiary/aromatic N) is 5. The molecule has 0 amide bonds. The molecule has 2 N–H and O–H groups in total. The maximum Gasteiger partial charge on any atom is 0.163 e. The van der Waals surface area contributed by atoms with E-state index in [9.17, 15) is 0 Å². The highest BCUT2D eigenvalue weighted by Crippen LogP contribution is 2.22. The molecule has 0 saturated carbocycles. The van der Waals surface area contributed by atoms with Gasteiger partial charge in [0.2, 0.25) is 0 Å². The lowest BCUT2D eigenvalue weighted by atomic mass is 10.2. The van der Waals surface area contributed by atoms with Gasteiger partial charge in [-0.25, -0.2) is 0 Å². The summed E-state index contributed by atoms with van der Waals surface area (Å²) in [6, 6.07) is 7.86. The van der Waals surface area contributed by atoms with Gasteiger partial charge in [0, 0.05) is 45.3 Å². The Hall–Kier alpha value is -1.96. The Morgan fingerprint density at radius 1 is 1.08 bits per heavy atom. The van der Waals surface area contributed by atoms with Crippen molar-refractivity contribution < 1.29 is 4.74 Å². The summed E-state index contributed by atoms with van der Waals surface area (Å²) in [6.45, 7) is 8.09. The Labute approximate surface area is 149 Å². The minimum absolute atomic E-state index is 0.136. The van der Waals surface area contributed by atoms with Crippen LogP contribution in [0.5, 0.6) is 5.75 Å². The zero-order valence-corrected chi connectivity index (χ0v) is 15.4. The van der Waals surface area contributed by atoms with E-state index < -0.39 is 0 Å². The molecule has 2 heterocycles. The summed E-state index contributed by atoms with van der Waals surface area (Å²) in [4.78, 5) is 4.81. The number of hydrogen-bond acceptors (Lipinski definition) is 6. The lowest BCUT2D eigenvalue weighted by Crippen LogP contribution is -2.45. The van der Waals surface area contributed by atoms with Gasteiger partial charge in [-0.05, 0) is 38.2 Å². The Morgan fingerprint density at radius 3 is 2.36 bits per heavy atom. The highest BCUT2D eigenvalue weighted by molar-refractivity contribution is 5.56. The number of aromatic nitrogens is 3. The Bertz CT molecular complexity index is 673. The summed E-state index contributed by atoms with van der Waals surface area (Å²) in [5, 5.41) is 8.42. The molecule has 0 radical (unpaired) electrons. The molecule has 25 heavy (non-hydrogen) atoms. The normalized spacial score (nSPS) is 17.6. The SMILES string of the molecule is C[C@H](N)c1nnc(-c2ccc(OCCN3CCN(C)CC3)cc2)n1C. The van der Waals surface area contributed by atoms with Gasteiger partial charge in [0.25, 0.3) is 0 Å². The lowest BCUT2D eigenvalue weighted by molar-refractivity contribution is 0.134. The van der Waals surface area contributed by atoms with Crippen molar-refractivity contribution in [1.29, 1.82) is 0 Å². The molecule has 1 atom stereocenters. The third kappa shape index (κ3) is 4.36. The fraction of sp³-hybridized carbons (Fsp3) is 0.556. The molecule has 2 aromatic rings. The van der Waals surface area contributed by atoms with Gasteiger partial charge >= 0.3 is 0 Å². The van der Waals surface area contributed by atoms with E-state index in [1.807, 2.05) is 42.8 Å². The van der Waals surface area contributed by atoms with Gasteiger partial charge in [0.05, 0.1) is 6.04 Å². The van der Waals surface area contributed by atoms with Crippen molar-refractivity contribution in [2.24, 2.45) is 12.8 Å². The van der Waals surface area contributed by atoms with Crippen molar-refractivity contribution in [1.82, 2.24) is 24.6 Å². The molecule has 3 rings (SSSR count). The van der Waals surface area contributed by atoms with E-state index in [-0.39, 0.29) is 6.04 Å². The number of benzene rings is 1. The lowest BCUT2D eigenvalue weighted by Gasteiger charge is -2.32. The molecule has 7 heteroatoms. The van der Waals surface area contributed by atoms with Crippen LogP contribution in [0.15, 0.2) is 24.3 Å². The van der Waals surface area contributed by atoms with Crippen LogP contribution in [0.4, 0.5) is 0 Å². The Balaban J connectivity index is 1.54. The summed E-state index contributed by atoms with van der Waals surface area (Å²) < 4.78 is 7.82. The average molecular weight is 344 g/mol. The maximum absolute atomic E-state index is 5.90. The van der Waals surface area contributed by atoms with Crippen LogP contribution in [0.2, 0.25) is 0 Å². The van der Waals surface area contributed by atoms with Crippen molar-refractivity contribution in [3.63, 3.8) is 0 Å². The number of piperazine rings is 1. The predicted octanol–water partition coefficient (Wildman–Crippen LogP) is 1.13. The van der Waals surface area contributed by atoms with Gasteiger partial charge in [-0.2, -0.15) is 0 Å². The molecular formula is C18H28N6O. The molecule has 0 aliphatic carbocycles. The van der Waals surface area contributed by atoms with Crippen molar-refractivity contribution in [3.05, 3.63) is 30.1 Å². The summed E-state index contributed by atoms with van der Waals surface area (Å²) in [5.74, 6) is 2.48. The molecule has 1 saturated heterocycles. The van der Waals surface area contributed by atoms with Crippen molar-refractivity contribution in [2.75, 3.05) is 46.4 Å². The van der Waals surface area contributed by atoms with Crippen LogP contribution in [0.3, 0.4) is 0 Å². The Morgan fingerprint density at radius 2 is 1.76 bits per heavy atom. The van der Waals surface area contributed by atoms with Gasteiger partial charge in [0.15, 0.2) is 5.82 Å². The van der Waals surface area contributed by atoms with E-state index in [4.69, 9.17) is 10.5 Å². The van der Waals surface area contributed by atoms with Crippen LogP contribution in [0.1, 0.15) is 18.8 Å². The number of rotatable bonds is 6. The van der Waals surface area contributed by atoms with Gasteiger partial charge in [-0.3, -0.25) is 4.90 Å². The zero-order valence-electron chi connectivity index (χ0n) is 15.4. The topological polar surface area (TPSA) is 72.4 Å². The molecule has 136 valence electrons. The predicted molar refractivity (Wildman–Crippen MR) is 98.5 cm³/mol. The highest BCUT2D eigenvalue weighted by atomic mass is 16.5. The molecule has 0 bridgehead atoms. The second-order valence-corrected chi connectivity index (χ2v) is 6.75. The summed E-state index contributed by atoms with van der Waals surface area (Å²) in [6.07, 6.45) is 0. The molecule has 7 nitrogen and oxygen atoms in total. The Kier molecular flexibility index (Phi) is 5.67. The van der Waals surface area contributed by atoms with Crippen molar-refractivity contribution in [3.8, 4) is 17.1 Å². The minimum Gasteiger partial charge on any atom is -0.492 e. The third-order valence-corrected chi connectivity index (χ3v) is 4.70. The van der Waals surface area contributed by atoms with Crippen LogP contribution < -0.4 is 10.5 Å². The van der Waals surface area contributed by atoms with Gasteiger partial charge < -0.3 is 19.9 Å². The second kappa shape index (κ2) is 7.95. The van der Waals surface area contributed by atoms with Crippen molar-refractivity contribution >= 4 is 0 Å². The van der Waals surface area contributed by atoms with E-state index in [2.05, 4.69) is 27.0 Å². The van der Waals surface area contributed by atoms with Crippen LogP contribution in [0.25, 0.3) is 11.4 Å². The molecule has 1 aliphatic rings. The van der Waals surface area contributed by atoms with Crippen molar-refractivity contribution in [2.45, 2.75) is 13.0 Å². The molecule has 1 aromatic heterocycles. The average Bonchev–Trinajstić information content (AvgIpc) is 2.99. The van der Waals surface area contributed by atoms with Crippen LogP contribution in [-0.4, -0.2) is 70.9 Å². The number of hydrogen-bond donors (Lipinski definition) is 1. The quantitative estimate of drug-likeness (QED) is 0.847. The first-order chi connectivity index (χ1) is 12.0. The third-order valence-electron chi connectivity index (χ3n) is 4.70. The summed E-state index contributed by atoms with van der Waals surface area (Å²) in [7, 11) is 4.11. The van der Waals surface area contributed by atoms with E-state index in [0.29, 0.717) is 6.61 Å². The minimum atomic E-state index is -0.136. The first-order valence-corrected chi connectivity index (χ1v) is 8.83. The largest absolute Gasteiger partial charge is 0.492 e. The van der Waals surface area contributed by atoms with Crippen LogP contribution in [0, 0.1) is 0 Å². The van der Waals surface area contributed by atoms with Crippen LogP contribution in [-0.2, 0) is 7.05 Å². The number of ether oxygens (including phenoxy) is 1. The first-order valence-electron chi connectivity index (χ1n) is 8.83. The fourth-order valence-corrected chi connectivity index (χ4v) is 3.05. The van der Waals surface area contributed by atoms with Gasteiger partial charge in [-0.15, -0.1) is 10.2 Å². The smallest absolute Gasteiger partial charge is 0.163 e. The monoisotopic (exact) mass is 344 g/mol. The standard InChI is InChI=1S/C18H28N6O/c1-14(19)17-20-21-18(23(17)3)15-4-6-16(7-5-15)25-13-12-24-10-8-22(2)9-11-24/h4-7,14H,8-13,19H2,1-3H3/t14-/m0/s1. The van der Waals surface area contributed by atoms with Crippen LogP contribution >= 0.6 is 0 Å². The zero-order chi connectivity index (χ0) is 17.8. The second-order valence-electron chi connectivity index (χ2n) is 6.75. The van der Waals surface area contributed by atoms with E-state index in [1.165, 1.54) is 0 Å². The number of nitrogens with two attached hydrogens (primary N) is 1. The molecule has 1 aliphatic heterocycles. The summed E-state index contributed by atoms with van der Waals surface area (Å²) in [5.41, 5.74) is 6.91. The number of likely N-dealkylation sites (N-methyl/N-ethyl adjacent to an activating group) is 1. The molecule has 0 unspecified atom stereocenters. The fourth-order valence-electron chi connectivity index (χ4n) is 3.05. The van der Waals surface area contributed by atoms with Gasteiger partial charge in [-0.1, -0.05) is 0 Å². The first kappa shape index (κ1) is 17.8.